The highest BCUT2D eigenvalue weighted by Crippen LogP contribution is 2.30. The zero-order valence-electron chi connectivity index (χ0n) is 26.0. The number of rotatable bonds is 11. The molecule has 4 rings (SSSR count). The lowest BCUT2D eigenvalue weighted by atomic mass is 10.0. The number of sulfonamides is 1. The monoisotopic (exact) mass is 699 g/mol. The molecule has 0 bridgehead atoms. The molecule has 0 aliphatic heterocycles. The number of carbonyl (C=O) groups excluding carboxylic acids is 2. The molecule has 0 fully saturated rings. The van der Waals surface area contributed by atoms with E-state index >= 15 is 0 Å². The van der Waals surface area contributed by atoms with E-state index in [2.05, 4.69) is 5.32 Å². The predicted molar refractivity (Wildman–Crippen MR) is 186 cm³/mol. The minimum atomic E-state index is -4.23. The van der Waals surface area contributed by atoms with Crippen LogP contribution >= 0.6 is 34.8 Å². The largest absolute Gasteiger partial charge is 0.350 e. The van der Waals surface area contributed by atoms with Gasteiger partial charge in [0.15, 0.2) is 0 Å². The highest BCUT2D eigenvalue weighted by molar-refractivity contribution is 7.92. The van der Waals surface area contributed by atoms with Crippen molar-refractivity contribution >= 4 is 62.3 Å². The molecule has 0 aromatic heterocycles. The first kappa shape index (κ1) is 35.3. The van der Waals surface area contributed by atoms with Crippen LogP contribution in [-0.4, -0.2) is 43.3 Å². The van der Waals surface area contributed by atoms with Crippen molar-refractivity contribution in [2.24, 2.45) is 0 Å². The molecular formula is C35H36Cl3N3O4S. The lowest BCUT2D eigenvalue weighted by Crippen LogP contribution is -2.56. The average molecular weight is 701 g/mol. The fourth-order valence-electron chi connectivity index (χ4n) is 4.97. The third kappa shape index (κ3) is 9.04. The molecule has 7 nitrogen and oxygen atoms in total. The number of amides is 2. The second-order valence-electron chi connectivity index (χ2n) is 12.0. The van der Waals surface area contributed by atoms with Gasteiger partial charge in [-0.2, -0.15) is 0 Å². The van der Waals surface area contributed by atoms with Crippen LogP contribution in [0.4, 0.5) is 5.69 Å². The first-order chi connectivity index (χ1) is 21.7. The van der Waals surface area contributed by atoms with Crippen LogP contribution in [0.3, 0.4) is 0 Å². The number of hydrogen-bond acceptors (Lipinski definition) is 4. The molecule has 0 unspecified atom stereocenters. The Bertz CT molecular complexity index is 1800. The number of nitrogens with zero attached hydrogens (tertiary/aromatic N) is 2. The molecule has 46 heavy (non-hydrogen) atoms. The summed E-state index contributed by atoms with van der Waals surface area (Å²) in [6, 6.07) is 26.0. The van der Waals surface area contributed by atoms with Gasteiger partial charge in [0.2, 0.25) is 11.8 Å². The Kier molecular flexibility index (Phi) is 11.4. The van der Waals surface area contributed by atoms with Crippen molar-refractivity contribution < 1.29 is 18.0 Å². The van der Waals surface area contributed by atoms with Gasteiger partial charge in [-0.25, -0.2) is 8.42 Å². The standard InChI is InChI=1S/C35H36Cl3N3O4S/c1-24-19-27(36)16-18-31(24)41(46(44,45)28-13-9-6-10-14-28)23-33(42)40(22-26-15-17-29(37)30(38)20-26)32(34(43)39-35(2,3)4)21-25-11-7-5-8-12-25/h5-20,32H,21-23H2,1-4H3,(H,39,43)/t32-/m1/s1. The maximum atomic E-state index is 14.6. The van der Waals surface area contributed by atoms with Crippen LogP contribution in [0.2, 0.25) is 15.1 Å². The third-order valence-corrected chi connectivity index (χ3v) is 9.89. The Morgan fingerprint density at radius 1 is 0.804 bits per heavy atom. The molecule has 1 N–H and O–H groups in total. The summed E-state index contributed by atoms with van der Waals surface area (Å²) in [4.78, 5) is 30.0. The van der Waals surface area contributed by atoms with E-state index in [1.54, 1.807) is 61.5 Å². The van der Waals surface area contributed by atoms with Gasteiger partial charge in [0.25, 0.3) is 10.0 Å². The highest BCUT2D eigenvalue weighted by Gasteiger charge is 2.36. The topological polar surface area (TPSA) is 86.8 Å². The lowest BCUT2D eigenvalue weighted by Gasteiger charge is -2.35. The fraction of sp³-hybridized carbons (Fsp3) is 0.257. The molecule has 0 saturated heterocycles. The molecule has 0 heterocycles. The third-order valence-electron chi connectivity index (χ3n) is 7.14. The van der Waals surface area contributed by atoms with Gasteiger partial charge in [0.05, 0.1) is 20.6 Å². The zero-order chi connectivity index (χ0) is 33.6. The minimum absolute atomic E-state index is 0.0134. The summed E-state index contributed by atoms with van der Waals surface area (Å²) >= 11 is 18.8. The molecule has 0 radical (unpaired) electrons. The summed E-state index contributed by atoms with van der Waals surface area (Å²) in [7, 11) is -4.23. The molecule has 0 aliphatic rings. The summed E-state index contributed by atoms with van der Waals surface area (Å²) in [5, 5.41) is 4.06. The summed E-state index contributed by atoms with van der Waals surface area (Å²) < 4.78 is 29.4. The SMILES string of the molecule is Cc1cc(Cl)ccc1N(CC(=O)N(Cc1ccc(Cl)c(Cl)c1)[C@H](Cc1ccccc1)C(=O)NC(C)(C)C)S(=O)(=O)c1ccccc1. The number of nitrogens with one attached hydrogen (secondary N) is 1. The highest BCUT2D eigenvalue weighted by atomic mass is 35.5. The van der Waals surface area contributed by atoms with E-state index < -0.39 is 34.1 Å². The molecule has 4 aromatic rings. The van der Waals surface area contributed by atoms with Gasteiger partial charge >= 0.3 is 0 Å². The molecule has 0 spiro atoms. The van der Waals surface area contributed by atoms with Crippen LogP contribution < -0.4 is 9.62 Å². The summed E-state index contributed by atoms with van der Waals surface area (Å²) in [5.74, 6) is -0.977. The normalized spacial score (nSPS) is 12.3. The van der Waals surface area contributed by atoms with E-state index in [0.717, 1.165) is 9.87 Å². The Morgan fingerprint density at radius 2 is 1.43 bits per heavy atom. The lowest BCUT2D eigenvalue weighted by molar-refractivity contribution is -0.140. The van der Waals surface area contributed by atoms with Crippen LogP contribution in [0.15, 0.2) is 102 Å². The smallest absolute Gasteiger partial charge is 0.264 e. The Morgan fingerprint density at radius 3 is 2.02 bits per heavy atom. The van der Waals surface area contributed by atoms with Crippen LogP contribution in [-0.2, 0) is 32.6 Å². The van der Waals surface area contributed by atoms with Gasteiger partial charge in [0, 0.05) is 23.5 Å². The zero-order valence-corrected chi connectivity index (χ0v) is 29.1. The molecule has 2 amide bonds. The van der Waals surface area contributed by atoms with Crippen molar-refractivity contribution in [3.05, 3.63) is 129 Å². The van der Waals surface area contributed by atoms with Crippen molar-refractivity contribution in [1.29, 1.82) is 0 Å². The summed E-state index contributed by atoms with van der Waals surface area (Å²) in [6.07, 6.45) is 0.182. The van der Waals surface area contributed by atoms with Crippen molar-refractivity contribution in [2.45, 2.75) is 57.1 Å². The fourth-order valence-corrected chi connectivity index (χ4v) is 7.02. The number of carbonyl (C=O) groups is 2. The Hall–Kier alpha value is -3.56. The van der Waals surface area contributed by atoms with Crippen LogP contribution in [0.25, 0.3) is 0 Å². The van der Waals surface area contributed by atoms with Gasteiger partial charge in [-0.1, -0.05) is 89.4 Å². The number of aryl methyl sites for hydroxylation is 1. The van der Waals surface area contributed by atoms with E-state index in [4.69, 9.17) is 34.8 Å². The number of hydrogen-bond donors (Lipinski definition) is 1. The van der Waals surface area contributed by atoms with Crippen molar-refractivity contribution in [2.75, 3.05) is 10.8 Å². The number of benzene rings is 4. The first-order valence-electron chi connectivity index (χ1n) is 14.6. The molecule has 11 heteroatoms. The van der Waals surface area contributed by atoms with Gasteiger partial charge in [-0.3, -0.25) is 13.9 Å². The summed E-state index contributed by atoms with van der Waals surface area (Å²) in [5.41, 5.74) is 1.68. The maximum absolute atomic E-state index is 14.6. The molecule has 0 aliphatic carbocycles. The van der Waals surface area contributed by atoms with Gasteiger partial charge in [0.1, 0.15) is 12.6 Å². The van der Waals surface area contributed by atoms with Gasteiger partial charge in [-0.15, -0.1) is 0 Å². The summed E-state index contributed by atoms with van der Waals surface area (Å²) in [6.45, 7) is 6.66. The van der Waals surface area contributed by atoms with E-state index in [9.17, 15) is 18.0 Å². The minimum Gasteiger partial charge on any atom is -0.350 e. The number of anilines is 1. The van der Waals surface area contributed by atoms with E-state index in [1.807, 2.05) is 51.1 Å². The first-order valence-corrected chi connectivity index (χ1v) is 17.2. The quantitative estimate of drug-likeness (QED) is 0.174. The average Bonchev–Trinajstić information content (AvgIpc) is 2.99. The molecule has 1 atom stereocenters. The van der Waals surface area contributed by atoms with Crippen molar-refractivity contribution in [1.82, 2.24) is 10.2 Å². The predicted octanol–water partition coefficient (Wildman–Crippen LogP) is 7.71. The Labute approximate surface area is 286 Å². The van der Waals surface area contributed by atoms with Crippen LogP contribution in [0, 0.1) is 6.92 Å². The number of halogens is 3. The van der Waals surface area contributed by atoms with Crippen molar-refractivity contribution in [3.63, 3.8) is 0 Å². The second-order valence-corrected chi connectivity index (χ2v) is 15.1. The van der Waals surface area contributed by atoms with Crippen molar-refractivity contribution in [3.8, 4) is 0 Å². The van der Waals surface area contributed by atoms with E-state index in [1.165, 1.54) is 17.0 Å². The molecule has 4 aromatic carbocycles. The molecular weight excluding hydrogens is 665 g/mol. The van der Waals surface area contributed by atoms with E-state index in [-0.39, 0.29) is 34.5 Å². The Balaban J connectivity index is 1.85. The van der Waals surface area contributed by atoms with Gasteiger partial charge in [-0.05, 0) is 86.8 Å². The van der Waals surface area contributed by atoms with E-state index in [0.29, 0.717) is 21.2 Å². The second kappa shape index (κ2) is 14.9. The molecule has 242 valence electrons. The van der Waals surface area contributed by atoms with Crippen LogP contribution in [0.5, 0.6) is 0 Å². The molecule has 0 saturated carbocycles. The van der Waals surface area contributed by atoms with Crippen LogP contribution in [0.1, 0.15) is 37.5 Å². The van der Waals surface area contributed by atoms with Gasteiger partial charge < -0.3 is 10.2 Å². The maximum Gasteiger partial charge on any atom is 0.264 e.